The van der Waals surface area contributed by atoms with Crippen LogP contribution < -0.4 is 10.6 Å². The fourth-order valence-corrected chi connectivity index (χ4v) is 1.74. The number of alkyl halides is 3. The minimum atomic E-state index is -4.16. The van der Waals surface area contributed by atoms with E-state index in [1.807, 2.05) is 7.05 Å². The number of hydrogen-bond acceptors (Lipinski definition) is 2. The van der Waals surface area contributed by atoms with Crippen molar-refractivity contribution in [3.63, 3.8) is 0 Å². The molecular weight excluding hydrogens is 305 g/mol. The van der Waals surface area contributed by atoms with Crippen LogP contribution in [0.25, 0.3) is 0 Å². The van der Waals surface area contributed by atoms with Crippen molar-refractivity contribution in [3.05, 3.63) is 29.8 Å². The van der Waals surface area contributed by atoms with Crippen LogP contribution in [0.15, 0.2) is 24.3 Å². The number of benzene rings is 1. The van der Waals surface area contributed by atoms with E-state index in [2.05, 4.69) is 10.6 Å². The molecule has 1 amide bonds. The van der Waals surface area contributed by atoms with Crippen LogP contribution in [0.4, 0.5) is 18.9 Å². The highest BCUT2D eigenvalue weighted by molar-refractivity contribution is 5.90. The minimum Gasteiger partial charge on any atom is -0.326 e. The quantitative estimate of drug-likeness (QED) is 0.753. The average Bonchev–Trinajstić information content (AvgIpc) is 2.36. The van der Waals surface area contributed by atoms with Crippen LogP contribution in [0.1, 0.15) is 24.8 Å². The maximum absolute atomic E-state index is 12.1. The first-order chi connectivity index (χ1) is 9.40. The van der Waals surface area contributed by atoms with E-state index in [0.717, 1.165) is 13.0 Å². The Bertz CT molecular complexity index is 438. The summed E-state index contributed by atoms with van der Waals surface area (Å²) in [7, 11) is 1.81. The van der Waals surface area contributed by atoms with Crippen molar-refractivity contribution in [2.45, 2.75) is 31.9 Å². The van der Waals surface area contributed by atoms with E-state index in [1.165, 1.54) is 0 Å². The van der Waals surface area contributed by atoms with Gasteiger partial charge in [-0.1, -0.05) is 12.1 Å². The number of nitrogens with one attached hydrogen (secondary N) is 2. The number of halogens is 4. The smallest absolute Gasteiger partial charge is 0.326 e. The summed E-state index contributed by atoms with van der Waals surface area (Å²) in [6.45, 7) is 0.749. The topological polar surface area (TPSA) is 41.1 Å². The third kappa shape index (κ3) is 9.31. The lowest BCUT2D eigenvalue weighted by Gasteiger charge is -2.09. The molecule has 0 atom stereocenters. The van der Waals surface area contributed by atoms with Crippen LogP contribution in [0.5, 0.6) is 0 Å². The first kappa shape index (κ1) is 19.7. The summed E-state index contributed by atoms with van der Waals surface area (Å²) in [6, 6.07) is 6.53. The fraction of sp³-hybridized carbons (Fsp3) is 0.500. The molecule has 21 heavy (non-hydrogen) atoms. The molecule has 0 unspecified atom stereocenters. The molecule has 1 rings (SSSR count). The molecule has 0 aliphatic heterocycles. The predicted molar refractivity (Wildman–Crippen MR) is 79.9 cm³/mol. The summed E-state index contributed by atoms with van der Waals surface area (Å²) in [6.07, 6.45) is -3.99. The fourth-order valence-electron chi connectivity index (χ4n) is 1.74. The van der Waals surface area contributed by atoms with Gasteiger partial charge in [0.1, 0.15) is 0 Å². The minimum absolute atomic E-state index is 0. The van der Waals surface area contributed by atoms with Gasteiger partial charge in [0, 0.05) is 18.5 Å². The lowest BCUT2D eigenvalue weighted by atomic mass is 10.1. The van der Waals surface area contributed by atoms with Gasteiger partial charge in [-0.15, -0.1) is 12.4 Å². The molecule has 0 heterocycles. The van der Waals surface area contributed by atoms with Gasteiger partial charge in [-0.25, -0.2) is 0 Å². The highest BCUT2D eigenvalue weighted by Crippen LogP contribution is 2.23. The molecule has 2 N–H and O–H groups in total. The summed E-state index contributed by atoms with van der Waals surface area (Å²) >= 11 is 0. The van der Waals surface area contributed by atoms with Gasteiger partial charge in [-0.2, -0.15) is 13.2 Å². The zero-order valence-electron chi connectivity index (χ0n) is 11.8. The second kappa shape index (κ2) is 9.63. The molecule has 120 valence electrons. The van der Waals surface area contributed by atoms with Crippen LogP contribution in [-0.2, 0) is 11.2 Å². The summed E-state index contributed by atoms with van der Waals surface area (Å²) in [5, 5.41) is 5.63. The van der Waals surface area contributed by atoms with Crippen molar-refractivity contribution in [2.75, 3.05) is 18.9 Å². The maximum atomic E-state index is 12.1. The number of carbonyl (C=O) groups is 1. The van der Waals surface area contributed by atoms with Gasteiger partial charge in [0.25, 0.3) is 0 Å². The van der Waals surface area contributed by atoms with Crippen LogP contribution in [0.3, 0.4) is 0 Å². The zero-order valence-corrected chi connectivity index (χ0v) is 12.6. The summed E-state index contributed by atoms with van der Waals surface area (Å²) in [5.74, 6) is -0.131. The summed E-state index contributed by atoms with van der Waals surface area (Å²) in [5.41, 5.74) is 1.11. The molecule has 0 aliphatic carbocycles. The first-order valence-electron chi connectivity index (χ1n) is 6.51. The molecular formula is C14H20ClF3N2O. The Morgan fingerprint density at radius 1 is 1.29 bits per heavy atom. The molecule has 0 bridgehead atoms. The number of carbonyl (C=O) groups excluding carboxylic acids is 1. The van der Waals surface area contributed by atoms with Gasteiger partial charge >= 0.3 is 6.18 Å². The maximum Gasteiger partial charge on any atom is 0.389 e. The standard InChI is InChI=1S/C14H19F3N2O.ClH/c1-18-9-3-6-13(20)19-12-5-2-4-11(10-12)7-8-14(15,16)17;/h2,4-5,10,18H,3,6-9H2,1H3,(H,19,20);1H. The van der Waals surface area contributed by atoms with Gasteiger partial charge in [-0.05, 0) is 44.1 Å². The molecule has 3 nitrogen and oxygen atoms in total. The second-order valence-electron chi connectivity index (χ2n) is 4.57. The van der Waals surface area contributed by atoms with Crippen molar-refractivity contribution < 1.29 is 18.0 Å². The highest BCUT2D eigenvalue weighted by Gasteiger charge is 2.26. The van der Waals surface area contributed by atoms with Crippen molar-refractivity contribution in [1.82, 2.24) is 5.32 Å². The number of aryl methyl sites for hydroxylation is 1. The molecule has 0 aromatic heterocycles. The Balaban J connectivity index is 0.00000400. The Morgan fingerprint density at radius 3 is 2.62 bits per heavy atom. The van der Waals surface area contributed by atoms with Crippen molar-refractivity contribution in [3.8, 4) is 0 Å². The number of rotatable bonds is 7. The zero-order chi connectivity index (χ0) is 15.0. The van der Waals surface area contributed by atoms with E-state index in [1.54, 1.807) is 24.3 Å². The predicted octanol–water partition coefficient (Wildman–Crippen LogP) is 3.54. The Labute approximate surface area is 128 Å². The molecule has 0 spiro atoms. The van der Waals surface area contributed by atoms with Gasteiger partial charge < -0.3 is 10.6 Å². The molecule has 0 aliphatic rings. The third-order valence-electron chi connectivity index (χ3n) is 2.74. The largest absolute Gasteiger partial charge is 0.389 e. The van der Waals surface area contributed by atoms with Crippen molar-refractivity contribution in [2.24, 2.45) is 0 Å². The van der Waals surface area contributed by atoms with Crippen molar-refractivity contribution >= 4 is 24.0 Å². The first-order valence-corrected chi connectivity index (χ1v) is 6.51. The van der Waals surface area contributed by atoms with Crippen LogP contribution >= 0.6 is 12.4 Å². The molecule has 0 saturated carbocycles. The monoisotopic (exact) mass is 324 g/mol. The van der Waals surface area contributed by atoms with E-state index in [9.17, 15) is 18.0 Å². The van der Waals surface area contributed by atoms with Gasteiger partial charge in [-0.3, -0.25) is 4.79 Å². The average molecular weight is 325 g/mol. The van der Waals surface area contributed by atoms with Crippen LogP contribution in [0.2, 0.25) is 0 Å². The Hall–Kier alpha value is -1.27. The van der Waals surface area contributed by atoms with Gasteiger partial charge in [0.15, 0.2) is 0 Å². The SMILES string of the molecule is CNCCCC(=O)Nc1cccc(CCC(F)(F)F)c1.Cl. The third-order valence-corrected chi connectivity index (χ3v) is 2.74. The molecule has 7 heteroatoms. The van der Waals surface area contributed by atoms with Crippen molar-refractivity contribution in [1.29, 1.82) is 0 Å². The molecule has 0 fully saturated rings. The summed E-state index contributed by atoms with van der Waals surface area (Å²) < 4.78 is 36.4. The molecule has 1 aromatic carbocycles. The van der Waals surface area contributed by atoms with E-state index >= 15 is 0 Å². The molecule has 0 radical (unpaired) electrons. The van der Waals surface area contributed by atoms with E-state index in [-0.39, 0.29) is 24.7 Å². The normalized spacial score (nSPS) is 10.9. The van der Waals surface area contributed by atoms with E-state index in [0.29, 0.717) is 17.7 Å². The Morgan fingerprint density at radius 2 is 2.00 bits per heavy atom. The lowest BCUT2D eigenvalue weighted by molar-refractivity contribution is -0.134. The van der Waals surface area contributed by atoms with E-state index < -0.39 is 12.6 Å². The highest BCUT2D eigenvalue weighted by atomic mass is 35.5. The summed E-state index contributed by atoms with van der Waals surface area (Å²) in [4.78, 5) is 11.6. The number of hydrogen-bond donors (Lipinski definition) is 2. The Kier molecular flexibility index (Phi) is 9.05. The molecule has 0 saturated heterocycles. The van der Waals surface area contributed by atoms with Crippen LogP contribution in [0, 0.1) is 0 Å². The van der Waals surface area contributed by atoms with Gasteiger partial charge in [0.05, 0.1) is 0 Å². The number of anilines is 1. The van der Waals surface area contributed by atoms with Crippen LogP contribution in [-0.4, -0.2) is 25.7 Å². The molecule has 1 aromatic rings. The second-order valence-corrected chi connectivity index (χ2v) is 4.57. The number of amides is 1. The van der Waals surface area contributed by atoms with Gasteiger partial charge in [0.2, 0.25) is 5.91 Å². The van der Waals surface area contributed by atoms with E-state index in [4.69, 9.17) is 0 Å². The lowest BCUT2D eigenvalue weighted by Crippen LogP contribution is -2.15.